The van der Waals surface area contributed by atoms with Crippen molar-refractivity contribution in [3.8, 4) is 11.1 Å². The molecule has 1 heterocycles. The first-order valence-corrected chi connectivity index (χ1v) is 10.6. The molecule has 2 amide bonds. The molecule has 0 bridgehead atoms. The van der Waals surface area contributed by atoms with E-state index in [0.717, 1.165) is 22.3 Å². The van der Waals surface area contributed by atoms with Crippen LogP contribution in [0.1, 0.15) is 36.8 Å². The zero-order chi connectivity index (χ0) is 22.0. The van der Waals surface area contributed by atoms with Crippen LogP contribution < -0.4 is 5.32 Å². The zero-order valence-electron chi connectivity index (χ0n) is 17.4. The zero-order valence-corrected chi connectivity index (χ0v) is 17.4. The van der Waals surface area contributed by atoms with Gasteiger partial charge < -0.3 is 20.1 Å². The van der Waals surface area contributed by atoms with E-state index in [4.69, 9.17) is 9.84 Å². The van der Waals surface area contributed by atoms with Gasteiger partial charge in [0.25, 0.3) is 0 Å². The van der Waals surface area contributed by atoms with Gasteiger partial charge in [0.15, 0.2) is 0 Å². The second-order valence-electron chi connectivity index (χ2n) is 8.24. The summed E-state index contributed by atoms with van der Waals surface area (Å²) in [6.45, 7) is 2.62. The predicted octanol–water partition coefficient (Wildman–Crippen LogP) is 3.24. The van der Waals surface area contributed by atoms with Gasteiger partial charge in [0, 0.05) is 31.5 Å². The number of ether oxygens (including phenoxy) is 1. The summed E-state index contributed by atoms with van der Waals surface area (Å²) in [4.78, 5) is 37.3. The Morgan fingerprint density at radius 1 is 1.10 bits per heavy atom. The molecular weight excluding hydrogens is 396 g/mol. The van der Waals surface area contributed by atoms with Crippen LogP contribution in [0.3, 0.4) is 0 Å². The smallest absolute Gasteiger partial charge is 0.407 e. The Morgan fingerprint density at radius 3 is 2.29 bits per heavy atom. The number of benzene rings is 2. The number of carbonyl (C=O) groups excluding carboxylic acids is 2. The van der Waals surface area contributed by atoms with Crippen LogP contribution in [-0.2, 0) is 14.3 Å². The van der Waals surface area contributed by atoms with E-state index in [1.165, 1.54) is 0 Å². The Balaban J connectivity index is 1.30. The maximum atomic E-state index is 12.4. The number of amides is 2. The first-order chi connectivity index (χ1) is 14.9. The maximum absolute atomic E-state index is 12.4. The fraction of sp³-hybridized carbons (Fsp3) is 0.375. The number of hydrogen-bond acceptors (Lipinski definition) is 4. The van der Waals surface area contributed by atoms with Gasteiger partial charge in [-0.3, -0.25) is 9.59 Å². The van der Waals surface area contributed by atoms with E-state index in [-0.39, 0.29) is 31.4 Å². The molecule has 0 radical (unpaired) electrons. The van der Waals surface area contributed by atoms with Gasteiger partial charge >= 0.3 is 12.1 Å². The van der Waals surface area contributed by atoms with Crippen LogP contribution in [0.5, 0.6) is 0 Å². The minimum Gasteiger partial charge on any atom is -0.481 e. The molecule has 1 unspecified atom stereocenters. The number of fused-ring (bicyclic) bond motifs is 3. The second kappa shape index (κ2) is 8.79. The van der Waals surface area contributed by atoms with Gasteiger partial charge in [-0.2, -0.15) is 0 Å². The monoisotopic (exact) mass is 422 g/mol. The molecule has 162 valence electrons. The lowest BCUT2D eigenvalue weighted by Crippen LogP contribution is -2.39. The van der Waals surface area contributed by atoms with E-state index >= 15 is 0 Å². The number of nitrogens with zero attached hydrogens (tertiary/aromatic N) is 1. The highest BCUT2D eigenvalue weighted by atomic mass is 16.5. The number of likely N-dealkylation sites (tertiary alicyclic amines) is 1. The molecule has 1 aliphatic carbocycles. The molecule has 2 aromatic rings. The largest absolute Gasteiger partial charge is 0.481 e. The number of carboxylic acids is 1. The topological polar surface area (TPSA) is 95.9 Å². The summed E-state index contributed by atoms with van der Waals surface area (Å²) in [7, 11) is 0. The molecule has 1 saturated heterocycles. The van der Waals surface area contributed by atoms with Crippen LogP contribution in [0.25, 0.3) is 11.1 Å². The molecule has 4 rings (SSSR count). The number of nitrogens with one attached hydrogen (secondary N) is 1. The van der Waals surface area contributed by atoms with Crippen LogP contribution in [-0.4, -0.2) is 53.7 Å². The Bertz CT molecular complexity index is 959. The number of hydrogen-bond donors (Lipinski definition) is 2. The minimum atomic E-state index is -0.875. The molecule has 1 fully saturated rings. The number of carboxylic acid groups (broad SMARTS) is 1. The fourth-order valence-electron chi connectivity index (χ4n) is 4.47. The van der Waals surface area contributed by atoms with Gasteiger partial charge in [0.05, 0.1) is 5.92 Å². The van der Waals surface area contributed by atoms with Crippen molar-refractivity contribution < 1.29 is 24.2 Å². The Kier molecular flexibility index (Phi) is 5.93. The van der Waals surface area contributed by atoms with Crippen LogP contribution in [0.2, 0.25) is 0 Å². The van der Waals surface area contributed by atoms with Crippen molar-refractivity contribution in [3.63, 3.8) is 0 Å². The van der Waals surface area contributed by atoms with Crippen molar-refractivity contribution in [1.29, 1.82) is 0 Å². The predicted molar refractivity (Wildman–Crippen MR) is 115 cm³/mol. The van der Waals surface area contributed by atoms with E-state index in [9.17, 15) is 14.4 Å². The van der Waals surface area contributed by atoms with Crippen molar-refractivity contribution in [3.05, 3.63) is 59.7 Å². The molecule has 31 heavy (non-hydrogen) atoms. The number of aliphatic carboxylic acids is 1. The summed E-state index contributed by atoms with van der Waals surface area (Å²) in [5.41, 5.74) is 4.61. The Hall–Kier alpha value is -3.35. The van der Waals surface area contributed by atoms with Crippen molar-refractivity contribution >= 4 is 18.0 Å². The molecule has 0 aromatic heterocycles. The summed E-state index contributed by atoms with van der Waals surface area (Å²) in [5.74, 6) is -1.56. The maximum Gasteiger partial charge on any atom is 0.407 e. The quantitative estimate of drug-likeness (QED) is 0.745. The van der Waals surface area contributed by atoms with E-state index in [0.29, 0.717) is 13.0 Å². The average molecular weight is 422 g/mol. The van der Waals surface area contributed by atoms with E-state index in [1.807, 2.05) is 24.3 Å². The first kappa shape index (κ1) is 20.9. The molecule has 1 aliphatic heterocycles. The van der Waals surface area contributed by atoms with Gasteiger partial charge in [-0.05, 0) is 35.6 Å². The number of rotatable bonds is 6. The molecule has 0 spiro atoms. The standard InChI is InChI=1S/C24H26N2O5/c1-15(12-22(27)26-11-10-16(13-26)23(28)29)25-24(30)31-14-21-19-8-4-2-6-17(19)18-7-3-5-9-20(18)21/h2-9,15-16,21H,10-14H2,1H3,(H,25,30)(H,28,29)/t15-,16?/m1/s1. The van der Waals surface area contributed by atoms with Gasteiger partial charge in [0.2, 0.25) is 5.91 Å². The van der Waals surface area contributed by atoms with Crippen molar-refractivity contribution in [1.82, 2.24) is 10.2 Å². The third kappa shape index (κ3) is 4.40. The highest BCUT2D eigenvalue weighted by Gasteiger charge is 2.32. The second-order valence-corrected chi connectivity index (χ2v) is 8.24. The molecule has 0 saturated carbocycles. The summed E-state index contributed by atoms with van der Waals surface area (Å²) in [6, 6.07) is 15.8. The minimum absolute atomic E-state index is 0.0207. The van der Waals surface area contributed by atoms with Gasteiger partial charge in [-0.25, -0.2) is 4.79 Å². The first-order valence-electron chi connectivity index (χ1n) is 10.6. The van der Waals surface area contributed by atoms with Crippen LogP contribution in [0, 0.1) is 5.92 Å². The Labute approximate surface area is 181 Å². The summed E-state index contributed by atoms with van der Waals surface area (Å²) in [5, 5.41) is 11.8. The highest BCUT2D eigenvalue weighted by molar-refractivity contribution is 5.80. The van der Waals surface area contributed by atoms with E-state index in [2.05, 4.69) is 29.6 Å². The lowest BCUT2D eigenvalue weighted by molar-refractivity contribution is -0.141. The molecule has 7 nitrogen and oxygen atoms in total. The highest BCUT2D eigenvalue weighted by Crippen LogP contribution is 2.44. The average Bonchev–Trinajstić information content (AvgIpc) is 3.36. The summed E-state index contributed by atoms with van der Waals surface area (Å²) < 4.78 is 5.51. The summed E-state index contributed by atoms with van der Waals surface area (Å²) >= 11 is 0. The van der Waals surface area contributed by atoms with E-state index in [1.54, 1.807) is 11.8 Å². The third-order valence-electron chi connectivity index (χ3n) is 6.08. The van der Waals surface area contributed by atoms with Gasteiger partial charge in [0.1, 0.15) is 6.61 Å². The fourth-order valence-corrected chi connectivity index (χ4v) is 4.47. The lowest BCUT2D eigenvalue weighted by Gasteiger charge is -2.20. The van der Waals surface area contributed by atoms with Crippen LogP contribution >= 0.6 is 0 Å². The number of carbonyl (C=O) groups is 3. The van der Waals surface area contributed by atoms with E-state index < -0.39 is 24.0 Å². The van der Waals surface area contributed by atoms with Crippen LogP contribution in [0.15, 0.2) is 48.5 Å². The van der Waals surface area contributed by atoms with Gasteiger partial charge in [-0.1, -0.05) is 48.5 Å². The molecule has 2 N–H and O–H groups in total. The molecule has 7 heteroatoms. The van der Waals surface area contributed by atoms with Crippen molar-refractivity contribution in [2.24, 2.45) is 5.92 Å². The SMILES string of the molecule is C[C@H](CC(=O)N1CCC(C(=O)O)C1)NC(=O)OCC1c2ccccc2-c2ccccc21. The van der Waals surface area contributed by atoms with Crippen molar-refractivity contribution in [2.75, 3.05) is 19.7 Å². The molecular formula is C24H26N2O5. The van der Waals surface area contributed by atoms with Crippen molar-refractivity contribution in [2.45, 2.75) is 31.7 Å². The normalized spacial score (nSPS) is 18.2. The molecule has 2 atom stereocenters. The Morgan fingerprint density at radius 2 is 1.71 bits per heavy atom. The molecule has 2 aromatic carbocycles. The van der Waals surface area contributed by atoms with Crippen LogP contribution in [0.4, 0.5) is 4.79 Å². The lowest BCUT2D eigenvalue weighted by atomic mass is 9.98. The van der Waals surface area contributed by atoms with Gasteiger partial charge in [-0.15, -0.1) is 0 Å². The molecule has 2 aliphatic rings. The number of alkyl carbamates (subject to hydrolysis) is 1. The summed E-state index contributed by atoms with van der Waals surface area (Å²) in [6.07, 6.45) is 0.0122. The third-order valence-corrected chi connectivity index (χ3v) is 6.08.